The van der Waals surface area contributed by atoms with Gasteiger partial charge in [0.15, 0.2) is 0 Å². The van der Waals surface area contributed by atoms with Crippen LogP contribution in [0.4, 0.5) is 17.2 Å². The molecule has 1 heterocycles. The normalized spacial score (nSPS) is 10.2. The Morgan fingerprint density at radius 2 is 1.88 bits per heavy atom. The van der Waals surface area contributed by atoms with Crippen LogP contribution in [-0.4, -0.2) is 28.3 Å². The second-order valence-corrected chi connectivity index (χ2v) is 5.64. The lowest BCUT2D eigenvalue weighted by Crippen LogP contribution is -2.25. The van der Waals surface area contributed by atoms with Crippen LogP contribution in [0.1, 0.15) is 43.6 Å². The molecule has 0 atom stereocenters. The summed E-state index contributed by atoms with van der Waals surface area (Å²) in [5.41, 5.74) is 1.74. The first-order chi connectivity index (χ1) is 12.1. The molecule has 2 aromatic rings. The molecule has 0 aliphatic heterocycles. The number of benzene rings is 1. The number of carbonyl (C=O) groups excluding carboxylic acids is 2. The summed E-state index contributed by atoms with van der Waals surface area (Å²) in [6, 6.07) is 8.84. The fourth-order valence-electron chi connectivity index (χ4n) is 2.24. The van der Waals surface area contributed by atoms with Crippen molar-refractivity contribution in [1.82, 2.24) is 15.3 Å². The Balaban J connectivity index is 2.01. The van der Waals surface area contributed by atoms with Gasteiger partial charge in [0.25, 0.3) is 5.91 Å². The van der Waals surface area contributed by atoms with Gasteiger partial charge < -0.3 is 16.0 Å². The molecule has 7 heteroatoms. The van der Waals surface area contributed by atoms with Crippen LogP contribution in [-0.2, 0) is 4.79 Å². The van der Waals surface area contributed by atoms with E-state index >= 15 is 0 Å². The standard InChI is InChI=1S/C18H23N5O2/c1-3-4-5-9-19-18(25)16-11-17(21-12-20-16)23-15-8-6-7-14(10-15)22-13(2)24/h6-8,10-12H,3-5,9H2,1-2H3,(H,19,25)(H,22,24)(H,20,21,23). The minimum absolute atomic E-state index is 0.138. The van der Waals surface area contributed by atoms with Crippen molar-refractivity contribution >= 4 is 29.0 Å². The number of rotatable bonds is 8. The van der Waals surface area contributed by atoms with Crippen molar-refractivity contribution in [3.05, 3.63) is 42.4 Å². The van der Waals surface area contributed by atoms with Crippen molar-refractivity contribution in [1.29, 1.82) is 0 Å². The summed E-state index contributed by atoms with van der Waals surface area (Å²) in [7, 11) is 0. The number of hydrogen-bond acceptors (Lipinski definition) is 5. The predicted octanol–water partition coefficient (Wildman–Crippen LogP) is 3.10. The van der Waals surface area contributed by atoms with Gasteiger partial charge in [-0.15, -0.1) is 0 Å². The van der Waals surface area contributed by atoms with E-state index in [-0.39, 0.29) is 11.8 Å². The van der Waals surface area contributed by atoms with Crippen molar-refractivity contribution in [3.8, 4) is 0 Å². The quantitative estimate of drug-likeness (QED) is 0.641. The first-order valence-corrected chi connectivity index (χ1v) is 8.33. The second kappa shape index (κ2) is 9.36. The number of nitrogens with zero attached hydrogens (tertiary/aromatic N) is 2. The monoisotopic (exact) mass is 341 g/mol. The summed E-state index contributed by atoms with van der Waals surface area (Å²) in [5.74, 6) is 0.156. The highest BCUT2D eigenvalue weighted by Crippen LogP contribution is 2.19. The van der Waals surface area contributed by atoms with Crippen LogP contribution in [0.3, 0.4) is 0 Å². The molecule has 3 N–H and O–H groups in total. The molecule has 0 aliphatic rings. The average molecular weight is 341 g/mol. The van der Waals surface area contributed by atoms with E-state index in [4.69, 9.17) is 0 Å². The van der Waals surface area contributed by atoms with E-state index in [1.807, 2.05) is 12.1 Å². The van der Waals surface area contributed by atoms with Gasteiger partial charge in [0.05, 0.1) is 0 Å². The lowest BCUT2D eigenvalue weighted by atomic mass is 10.2. The summed E-state index contributed by atoms with van der Waals surface area (Å²) in [5, 5.41) is 8.68. The molecule has 0 bridgehead atoms. The molecule has 2 amide bonds. The lowest BCUT2D eigenvalue weighted by Gasteiger charge is -2.09. The molecule has 0 fully saturated rings. The molecular weight excluding hydrogens is 318 g/mol. The SMILES string of the molecule is CCCCCNC(=O)c1cc(Nc2cccc(NC(C)=O)c2)ncn1. The number of aromatic nitrogens is 2. The Labute approximate surface area is 147 Å². The van der Waals surface area contributed by atoms with Gasteiger partial charge in [-0.1, -0.05) is 25.8 Å². The molecule has 25 heavy (non-hydrogen) atoms. The Morgan fingerprint density at radius 3 is 2.64 bits per heavy atom. The first-order valence-electron chi connectivity index (χ1n) is 8.33. The Hall–Kier alpha value is -2.96. The Kier molecular flexibility index (Phi) is 6.88. The summed E-state index contributed by atoms with van der Waals surface area (Å²) in [6.45, 7) is 4.21. The van der Waals surface area contributed by atoms with E-state index in [9.17, 15) is 9.59 Å². The molecule has 0 saturated carbocycles. The third-order valence-electron chi connectivity index (χ3n) is 3.42. The number of hydrogen-bond donors (Lipinski definition) is 3. The largest absolute Gasteiger partial charge is 0.351 e. The van der Waals surface area contributed by atoms with Gasteiger partial charge in [-0.25, -0.2) is 9.97 Å². The van der Waals surface area contributed by atoms with Gasteiger partial charge in [0, 0.05) is 30.9 Å². The minimum Gasteiger partial charge on any atom is -0.351 e. The summed E-state index contributed by atoms with van der Waals surface area (Å²) < 4.78 is 0. The third kappa shape index (κ3) is 6.21. The second-order valence-electron chi connectivity index (χ2n) is 5.64. The van der Waals surface area contributed by atoms with Gasteiger partial charge in [0.2, 0.25) is 5.91 Å². The first kappa shape index (κ1) is 18.4. The third-order valence-corrected chi connectivity index (χ3v) is 3.42. The maximum absolute atomic E-state index is 12.1. The van der Waals surface area contributed by atoms with Gasteiger partial charge in [-0.05, 0) is 24.6 Å². The number of amides is 2. The average Bonchev–Trinajstić information content (AvgIpc) is 2.58. The highest BCUT2D eigenvalue weighted by molar-refractivity contribution is 5.93. The van der Waals surface area contributed by atoms with Crippen LogP contribution < -0.4 is 16.0 Å². The van der Waals surface area contributed by atoms with E-state index < -0.39 is 0 Å². The fraction of sp³-hybridized carbons (Fsp3) is 0.333. The molecule has 7 nitrogen and oxygen atoms in total. The van der Waals surface area contributed by atoms with E-state index in [1.54, 1.807) is 18.2 Å². The number of unbranched alkanes of at least 4 members (excludes halogenated alkanes) is 2. The smallest absolute Gasteiger partial charge is 0.270 e. The van der Waals surface area contributed by atoms with E-state index in [0.717, 1.165) is 24.9 Å². The molecule has 0 radical (unpaired) electrons. The molecular formula is C18H23N5O2. The minimum atomic E-state index is -0.214. The number of nitrogens with one attached hydrogen (secondary N) is 3. The Morgan fingerprint density at radius 1 is 1.08 bits per heavy atom. The van der Waals surface area contributed by atoms with Crippen molar-refractivity contribution < 1.29 is 9.59 Å². The number of carbonyl (C=O) groups is 2. The molecule has 0 unspecified atom stereocenters. The van der Waals surface area contributed by atoms with Crippen LogP contribution in [0.15, 0.2) is 36.7 Å². The zero-order valence-corrected chi connectivity index (χ0v) is 14.5. The van der Waals surface area contributed by atoms with E-state index in [2.05, 4.69) is 32.8 Å². The van der Waals surface area contributed by atoms with Crippen LogP contribution in [0.5, 0.6) is 0 Å². The maximum atomic E-state index is 12.1. The molecule has 1 aromatic heterocycles. The van der Waals surface area contributed by atoms with E-state index in [1.165, 1.54) is 13.3 Å². The van der Waals surface area contributed by atoms with Gasteiger partial charge in [-0.2, -0.15) is 0 Å². The zero-order valence-electron chi connectivity index (χ0n) is 14.5. The van der Waals surface area contributed by atoms with Gasteiger partial charge in [0.1, 0.15) is 17.8 Å². The molecule has 132 valence electrons. The van der Waals surface area contributed by atoms with Crippen LogP contribution in [0.2, 0.25) is 0 Å². The highest BCUT2D eigenvalue weighted by atomic mass is 16.2. The maximum Gasteiger partial charge on any atom is 0.270 e. The van der Waals surface area contributed by atoms with Gasteiger partial charge >= 0.3 is 0 Å². The summed E-state index contributed by atoms with van der Waals surface area (Å²) in [4.78, 5) is 31.4. The van der Waals surface area contributed by atoms with Crippen molar-refractivity contribution in [3.63, 3.8) is 0 Å². The summed E-state index contributed by atoms with van der Waals surface area (Å²) >= 11 is 0. The molecule has 2 rings (SSSR count). The topological polar surface area (TPSA) is 96.0 Å². The van der Waals surface area contributed by atoms with Crippen molar-refractivity contribution in [2.24, 2.45) is 0 Å². The molecule has 0 saturated heterocycles. The highest BCUT2D eigenvalue weighted by Gasteiger charge is 2.08. The lowest BCUT2D eigenvalue weighted by molar-refractivity contribution is -0.114. The fourth-order valence-corrected chi connectivity index (χ4v) is 2.24. The van der Waals surface area contributed by atoms with E-state index in [0.29, 0.717) is 23.7 Å². The van der Waals surface area contributed by atoms with Crippen LogP contribution >= 0.6 is 0 Å². The summed E-state index contributed by atoms with van der Waals surface area (Å²) in [6.07, 6.45) is 4.49. The number of anilines is 3. The Bertz CT molecular complexity index is 733. The van der Waals surface area contributed by atoms with Crippen molar-refractivity contribution in [2.75, 3.05) is 17.2 Å². The van der Waals surface area contributed by atoms with Gasteiger partial charge in [-0.3, -0.25) is 9.59 Å². The van der Waals surface area contributed by atoms with Crippen molar-refractivity contribution in [2.45, 2.75) is 33.1 Å². The molecule has 0 aliphatic carbocycles. The molecule has 0 spiro atoms. The molecule has 1 aromatic carbocycles. The zero-order chi connectivity index (χ0) is 18.1. The predicted molar refractivity (Wildman–Crippen MR) is 97.9 cm³/mol. The van der Waals surface area contributed by atoms with Crippen LogP contribution in [0, 0.1) is 0 Å². The van der Waals surface area contributed by atoms with Crippen LogP contribution in [0.25, 0.3) is 0 Å².